The smallest absolute Gasteiger partial charge is 0.0994 e. The second-order valence-electron chi connectivity index (χ2n) is 4.84. The monoisotopic (exact) mass is 244 g/mol. The summed E-state index contributed by atoms with van der Waals surface area (Å²) in [6.07, 6.45) is 7.92. The molecule has 0 aromatic heterocycles. The maximum atomic E-state index is 8.86. The fourth-order valence-electron chi connectivity index (χ4n) is 2.04. The summed E-state index contributed by atoms with van der Waals surface area (Å²) in [7, 11) is 0. The van der Waals surface area contributed by atoms with Crippen LogP contribution in [0, 0.1) is 18.3 Å². The summed E-state index contributed by atoms with van der Waals surface area (Å²) >= 11 is 0. The summed E-state index contributed by atoms with van der Waals surface area (Å²) in [5.41, 5.74) is 2.94. The fraction of sp³-hybridized carbons (Fsp3) is 0.562. The molecule has 1 N–H and O–H groups in total. The Labute approximate surface area is 111 Å². The maximum absolute atomic E-state index is 8.86. The molecule has 0 aliphatic heterocycles. The lowest BCUT2D eigenvalue weighted by atomic mass is 10.1. The number of nitrogens with one attached hydrogen (secondary N) is 1. The molecule has 1 aromatic carbocycles. The molecule has 0 radical (unpaired) electrons. The number of aryl methyl sites for hydroxylation is 1. The highest BCUT2D eigenvalue weighted by atomic mass is 14.9. The molecular formula is C16H24N2. The summed E-state index contributed by atoms with van der Waals surface area (Å²) in [6, 6.07) is 8.12. The van der Waals surface area contributed by atoms with E-state index in [2.05, 4.69) is 24.4 Å². The Hall–Kier alpha value is -1.49. The number of unbranched alkanes of at least 4 members (excludes halogenated alkanes) is 5. The van der Waals surface area contributed by atoms with Crippen molar-refractivity contribution in [3.05, 3.63) is 29.3 Å². The number of rotatable bonds is 8. The van der Waals surface area contributed by atoms with Gasteiger partial charge in [0.05, 0.1) is 11.6 Å². The Morgan fingerprint density at radius 1 is 1.11 bits per heavy atom. The quantitative estimate of drug-likeness (QED) is 0.676. The van der Waals surface area contributed by atoms with Gasteiger partial charge in [-0.25, -0.2) is 0 Å². The van der Waals surface area contributed by atoms with Crippen molar-refractivity contribution in [1.82, 2.24) is 0 Å². The minimum absolute atomic E-state index is 0.764. The Kier molecular flexibility index (Phi) is 6.94. The van der Waals surface area contributed by atoms with Crippen molar-refractivity contribution in [2.24, 2.45) is 0 Å². The van der Waals surface area contributed by atoms with Crippen LogP contribution in [0.25, 0.3) is 0 Å². The standard InChI is InChI=1S/C16H24N2/c1-3-4-5-6-7-8-11-18-16-10-9-15(13-17)14(2)12-16/h9-10,12,18H,3-8,11H2,1-2H3. The van der Waals surface area contributed by atoms with Gasteiger partial charge in [0.25, 0.3) is 0 Å². The van der Waals surface area contributed by atoms with Crippen molar-refractivity contribution in [3.8, 4) is 6.07 Å². The molecular weight excluding hydrogens is 220 g/mol. The van der Waals surface area contributed by atoms with Gasteiger partial charge in [0, 0.05) is 12.2 Å². The second kappa shape index (κ2) is 8.58. The molecule has 18 heavy (non-hydrogen) atoms. The first kappa shape index (κ1) is 14.6. The average Bonchev–Trinajstić information content (AvgIpc) is 2.38. The number of hydrogen-bond donors (Lipinski definition) is 1. The van der Waals surface area contributed by atoms with Crippen LogP contribution in [0.1, 0.15) is 56.6 Å². The van der Waals surface area contributed by atoms with E-state index in [1.807, 2.05) is 19.1 Å². The highest BCUT2D eigenvalue weighted by Crippen LogP contribution is 2.14. The van der Waals surface area contributed by atoms with Gasteiger partial charge in [-0.2, -0.15) is 5.26 Å². The minimum atomic E-state index is 0.764. The van der Waals surface area contributed by atoms with Crippen molar-refractivity contribution in [3.63, 3.8) is 0 Å². The summed E-state index contributed by atoms with van der Waals surface area (Å²) in [6.45, 7) is 5.25. The SMILES string of the molecule is CCCCCCCCNc1ccc(C#N)c(C)c1. The molecule has 2 heteroatoms. The minimum Gasteiger partial charge on any atom is -0.385 e. The van der Waals surface area contributed by atoms with E-state index in [0.29, 0.717) is 0 Å². The predicted molar refractivity (Wildman–Crippen MR) is 77.8 cm³/mol. The van der Waals surface area contributed by atoms with Crippen LogP contribution in [-0.4, -0.2) is 6.54 Å². The molecule has 1 rings (SSSR count). The first-order valence-corrected chi connectivity index (χ1v) is 7.02. The van der Waals surface area contributed by atoms with E-state index in [0.717, 1.165) is 23.4 Å². The van der Waals surface area contributed by atoms with Gasteiger partial charge in [-0.1, -0.05) is 39.0 Å². The third kappa shape index (κ3) is 5.23. The molecule has 0 spiro atoms. The van der Waals surface area contributed by atoms with Gasteiger partial charge in [-0.3, -0.25) is 0 Å². The topological polar surface area (TPSA) is 35.8 Å². The van der Waals surface area contributed by atoms with Crippen molar-refractivity contribution >= 4 is 5.69 Å². The van der Waals surface area contributed by atoms with E-state index >= 15 is 0 Å². The Balaban J connectivity index is 2.20. The third-order valence-corrected chi connectivity index (χ3v) is 3.21. The number of nitriles is 1. The normalized spacial score (nSPS) is 10.1. The van der Waals surface area contributed by atoms with Crippen molar-refractivity contribution in [1.29, 1.82) is 5.26 Å². The summed E-state index contributed by atoms with van der Waals surface area (Å²) in [5, 5.41) is 12.3. The molecule has 0 aliphatic rings. The van der Waals surface area contributed by atoms with Crippen LogP contribution in [0.3, 0.4) is 0 Å². The highest BCUT2D eigenvalue weighted by Gasteiger charge is 1.98. The van der Waals surface area contributed by atoms with E-state index in [9.17, 15) is 0 Å². The second-order valence-corrected chi connectivity index (χ2v) is 4.84. The Morgan fingerprint density at radius 3 is 2.50 bits per heavy atom. The fourth-order valence-corrected chi connectivity index (χ4v) is 2.04. The first-order chi connectivity index (χ1) is 8.77. The van der Waals surface area contributed by atoms with Crippen molar-refractivity contribution < 1.29 is 0 Å². The van der Waals surface area contributed by atoms with Gasteiger partial charge in [0.2, 0.25) is 0 Å². The summed E-state index contributed by atoms with van der Waals surface area (Å²) < 4.78 is 0. The molecule has 0 fully saturated rings. The van der Waals surface area contributed by atoms with Crippen LogP contribution in [-0.2, 0) is 0 Å². The van der Waals surface area contributed by atoms with Gasteiger partial charge in [0.15, 0.2) is 0 Å². The van der Waals surface area contributed by atoms with Crippen LogP contribution >= 0.6 is 0 Å². The zero-order chi connectivity index (χ0) is 13.2. The zero-order valence-corrected chi connectivity index (χ0v) is 11.6. The van der Waals surface area contributed by atoms with Crippen LogP contribution in [0.2, 0.25) is 0 Å². The van der Waals surface area contributed by atoms with Crippen molar-refractivity contribution in [2.45, 2.75) is 52.4 Å². The number of hydrogen-bond acceptors (Lipinski definition) is 2. The molecule has 2 nitrogen and oxygen atoms in total. The van der Waals surface area contributed by atoms with Crippen LogP contribution in [0.4, 0.5) is 5.69 Å². The third-order valence-electron chi connectivity index (χ3n) is 3.21. The van der Waals surface area contributed by atoms with E-state index in [-0.39, 0.29) is 0 Å². The first-order valence-electron chi connectivity index (χ1n) is 7.02. The molecule has 0 unspecified atom stereocenters. The van der Waals surface area contributed by atoms with Gasteiger partial charge in [-0.05, 0) is 37.1 Å². The van der Waals surface area contributed by atoms with Gasteiger partial charge < -0.3 is 5.32 Å². The largest absolute Gasteiger partial charge is 0.385 e. The molecule has 0 saturated heterocycles. The van der Waals surface area contributed by atoms with E-state index < -0.39 is 0 Å². The maximum Gasteiger partial charge on any atom is 0.0994 e. The number of nitrogens with zero attached hydrogens (tertiary/aromatic N) is 1. The number of anilines is 1. The average molecular weight is 244 g/mol. The van der Waals surface area contributed by atoms with E-state index in [1.54, 1.807) is 0 Å². The van der Waals surface area contributed by atoms with Crippen LogP contribution < -0.4 is 5.32 Å². The van der Waals surface area contributed by atoms with Gasteiger partial charge in [0.1, 0.15) is 0 Å². The summed E-state index contributed by atoms with van der Waals surface area (Å²) in [5.74, 6) is 0. The molecule has 0 aliphatic carbocycles. The molecule has 1 aromatic rings. The van der Waals surface area contributed by atoms with Gasteiger partial charge in [-0.15, -0.1) is 0 Å². The summed E-state index contributed by atoms with van der Waals surface area (Å²) in [4.78, 5) is 0. The van der Waals surface area contributed by atoms with Gasteiger partial charge >= 0.3 is 0 Å². The van der Waals surface area contributed by atoms with Crippen molar-refractivity contribution in [2.75, 3.05) is 11.9 Å². The molecule has 0 bridgehead atoms. The van der Waals surface area contributed by atoms with Crippen LogP contribution in [0.15, 0.2) is 18.2 Å². The Morgan fingerprint density at radius 2 is 1.83 bits per heavy atom. The van der Waals surface area contributed by atoms with E-state index in [1.165, 1.54) is 38.5 Å². The molecule has 0 saturated carbocycles. The number of benzene rings is 1. The lowest BCUT2D eigenvalue weighted by molar-refractivity contribution is 0.617. The zero-order valence-electron chi connectivity index (χ0n) is 11.6. The predicted octanol–water partition coefficient (Wildman–Crippen LogP) is 4.64. The molecule has 0 heterocycles. The lowest BCUT2D eigenvalue weighted by Crippen LogP contribution is -2.01. The van der Waals surface area contributed by atoms with E-state index in [4.69, 9.17) is 5.26 Å². The van der Waals surface area contributed by atoms with Crippen LogP contribution in [0.5, 0.6) is 0 Å². The Bertz CT molecular complexity index is 391. The molecule has 0 amide bonds. The molecule has 98 valence electrons. The highest BCUT2D eigenvalue weighted by molar-refractivity contribution is 5.51. The lowest BCUT2D eigenvalue weighted by Gasteiger charge is -2.07. The molecule has 0 atom stereocenters.